The molecule has 166 valence electrons. The molecule has 0 aliphatic carbocycles. The molecule has 3 rings (SSSR count). The van der Waals surface area contributed by atoms with Gasteiger partial charge in [-0.15, -0.1) is 0 Å². The van der Waals surface area contributed by atoms with Crippen LogP contribution >= 0.6 is 0 Å². The molecule has 2 aliphatic rings. The van der Waals surface area contributed by atoms with E-state index in [1.54, 1.807) is 0 Å². The predicted octanol–water partition coefficient (Wildman–Crippen LogP) is 3.85. The number of amides is 1. The van der Waals surface area contributed by atoms with Gasteiger partial charge in [0, 0.05) is 11.5 Å². The summed E-state index contributed by atoms with van der Waals surface area (Å²) >= 11 is 0. The van der Waals surface area contributed by atoms with Gasteiger partial charge in [0.2, 0.25) is 5.91 Å². The fraction of sp³-hybridized carbons (Fsp3) is 0.636. The van der Waals surface area contributed by atoms with Crippen LogP contribution in [0.5, 0.6) is 5.75 Å². The van der Waals surface area contributed by atoms with E-state index in [-0.39, 0.29) is 41.7 Å². The molecule has 0 N–H and O–H groups in total. The maximum absolute atomic E-state index is 13.3. The number of esters is 1. The molecule has 0 radical (unpaired) electrons. The molecule has 0 bridgehead atoms. The van der Waals surface area contributed by atoms with Crippen LogP contribution in [0.3, 0.4) is 0 Å². The maximum atomic E-state index is 13.3. The van der Waals surface area contributed by atoms with E-state index in [0.717, 1.165) is 11.3 Å². The van der Waals surface area contributed by atoms with Crippen LogP contribution < -0.4 is 4.74 Å². The number of methoxy groups -OCH3 is 1. The van der Waals surface area contributed by atoms with Crippen LogP contribution in [0, 0.1) is 5.92 Å². The summed E-state index contributed by atoms with van der Waals surface area (Å²) in [4.78, 5) is 31.1. The lowest BCUT2D eigenvalue weighted by Gasteiger charge is -2.39. The standard InChI is InChI=1S/C22H33NO6Si/c1-22(2,3)30(5,6)29-16(12-20(25)26-4)11-19(24)23-21-15(14-28-23)13-27-18-10-8-7-9-17(18)21/h7-10,15-16,21H,11-14H2,1-6H3/t15-,16-,21+/m1/s1. The van der Waals surface area contributed by atoms with Gasteiger partial charge in [-0.2, -0.15) is 0 Å². The van der Waals surface area contributed by atoms with E-state index in [9.17, 15) is 9.59 Å². The van der Waals surface area contributed by atoms with Crippen molar-refractivity contribution in [1.29, 1.82) is 0 Å². The first-order valence-electron chi connectivity index (χ1n) is 10.4. The molecular weight excluding hydrogens is 402 g/mol. The first-order chi connectivity index (χ1) is 14.0. The number of fused-ring (bicyclic) bond motifs is 3. The molecule has 0 spiro atoms. The minimum absolute atomic E-state index is 0.0381. The number of nitrogens with zero attached hydrogens (tertiary/aromatic N) is 1. The molecule has 1 aromatic rings. The summed E-state index contributed by atoms with van der Waals surface area (Å²) in [5.41, 5.74) is 0.953. The molecule has 30 heavy (non-hydrogen) atoms. The van der Waals surface area contributed by atoms with Crippen molar-refractivity contribution < 1.29 is 28.3 Å². The molecular formula is C22H33NO6Si. The number of rotatable bonds is 6. The predicted molar refractivity (Wildman–Crippen MR) is 114 cm³/mol. The Bertz CT molecular complexity index is 790. The van der Waals surface area contributed by atoms with Crippen LogP contribution in [0.25, 0.3) is 0 Å². The van der Waals surface area contributed by atoms with Gasteiger partial charge in [-0.1, -0.05) is 39.0 Å². The number of carbonyl (C=O) groups excluding carboxylic acids is 2. The van der Waals surface area contributed by atoms with Crippen molar-refractivity contribution in [2.75, 3.05) is 20.3 Å². The Morgan fingerprint density at radius 2 is 1.90 bits per heavy atom. The zero-order valence-corrected chi connectivity index (χ0v) is 19.8. The average molecular weight is 436 g/mol. The third kappa shape index (κ3) is 4.71. The fourth-order valence-electron chi connectivity index (χ4n) is 3.64. The Labute approximate surface area is 179 Å². The summed E-state index contributed by atoms with van der Waals surface area (Å²) in [5, 5.41) is 1.42. The van der Waals surface area contributed by atoms with Crippen molar-refractivity contribution in [1.82, 2.24) is 5.06 Å². The first-order valence-corrected chi connectivity index (χ1v) is 13.4. The van der Waals surface area contributed by atoms with E-state index in [0.29, 0.717) is 13.2 Å². The smallest absolute Gasteiger partial charge is 0.308 e. The Morgan fingerprint density at radius 3 is 2.57 bits per heavy atom. The zero-order valence-electron chi connectivity index (χ0n) is 18.8. The van der Waals surface area contributed by atoms with Crippen LogP contribution in [0.4, 0.5) is 0 Å². The maximum Gasteiger partial charge on any atom is 0.308 e. The molecule has 1 aromatic carbocycles. The van der Waals surface area contributed by atoms with E-state index in [4.69, 9.17) is 18.7 Å². The lowest BCUT2D eigenvalue weighted by atomic mass is 9.91. The van der Waals surface area contributed by atoms with Gasteiger partial charge in [-0.25, -0.2) is 5.06 Å². The van der Waals surface area contributed by atoms with Crippen LogP contribution in [0.2, 0.25) is 18.1 Å². The van der Waals surface area contributed by atoms with Gasteiger partial charge in [-0.3, -0.25) is 14.4 Å². The monoisotopic (exact) mass is 435 g/mol. The van der Waals surface area contributed by atoms with Crippen LogP contribution in [0.15, 0.2) is 24.3 Å². The van der Waals surface area contributed by atoms with Crippen molar-refractivity contribution in [2.45, 2.75) is 63.9 Å². The Kier molecular flexibility index (Phi) is 6.59. The van der Waals surface area contributed by atoms with Gasteiger partial charge in [0.05, 0.1) is 45.3 Å². The Balaban J connectivity index is 1.78. The highest BCUT2D eigenvalue weighted by Crippen LogP contribution is 2.44. The summed E-state index contributed by atoms with van der Waals surface area (Å²) in [7, 11) is -0.838. The van der Waals surface area contributed by atoms with Crippen molar-refractivity contribution in [3.8, 4) is 5.75 Å². The summed E-state index contributed by atoms with van der Waals surface area (Å²) in [6, 6.07) is 7.55. The highest BCUT2D eigenvalue weighted by atomic mass is 28.4. The van der Waals surface area contributed by atoms with Crippen LogP contribution in [-0.2, 0) is 23.6 Å². The number of benzene rings is 1. The lowest BCUT2D eigenvalue weighted by molar-refractivity contribution is -0.179. The second kappa shape index (κ2) is 8.68. The molecule has 3 atom stereocenters. The summed E-state index contributed by atoms with van der Waals surface area (Å²) in [6.07, 6.45) is -0.451. The van der Waals surface area contributed by atoms with Gasteiger partial charge in [-0.05, 0) is 24.2 Å². The minimum Gasteiger partial charge on any atom is -0.493 e. The van der Waals surface area contributed by atoms with Gasteiger partial charge >= 0.3 is 5.97 Å². The largest absolute Gasteiger partial charge is 0.493 e. The van der Waals surface area contributed by atoms with E-state index in [2.05, 4.69) is 33.9 Å². The Hall–Kier alpha value is -1.90. The molecule has 2 aliphatic heterocycles. The number of hydrogen-bond donors (Lipinski definition) is 0. The highest BCUT2D eigenvalue weighted by Gasteiger charge is 2.45. The second-order valence-corrected chi connectivity index (χ2v) is 14.3. The first kappa shape index (κ1) is 22.8. The fourth-order valence-corrected chi connectivity index (χ4v) is 5.00. The molecule has 8 heteroatoms. The van der Waals surface area contributed by atoms with Crippen molar-refractivity contribution >= 4 is 20.2 Å². The van der Waals surface area contributed by atoms with E-state index in [1.165, 1.54) is 12.2 Å². The molecule has 0 unspecified atom stereocenters. The van der Waals surface area contributed by atoms with Crippen LogP contribution in [0.1, 0.15) is 45.2 Å². The number of hydroxylamine groups is 2. The third-order valence-electron chi connectivity index (χ3n) is 6.36. The number of para-hydroxylation sites is 1. The van der Waals surface area contributed by atoms with E-state index >= 15 is 0 Å². The minimum atomic E-state index is -2.19. The third-order valence-corrected chi connectivity index (χ3v) is 10.9. The molecule has 0 saturated carbocycles. The molecule has 2 heterocycles. The Morgan fingerprint density at radius 1 is 1.20 bits per heavy atom. The molecule has 1 amide bonds. The van der Waals surface area contributed by atoms with Crippen molar-refractivity contribution in [2.24, 2.45) is 5.92 Å². The van der Waals surface area contributed by atoms with E-state index < -0.39 is 14.4 Å². The lowest BCUT2D eigenvalue weighted by Crippen LogP contribution is -2.46. The topological polar surface area (TPSA) is 74.3 Å². The molecule has 1 saturated heterocycles. The molecule has 0 aromatic heterocycles. The van der Waals surface area contributed by atoms with Gasteiger partial charge in [0.15, 0.2) is 8.32 Å². The molecule has 1 fully saturated rings. The summed E-state index contributed by atoms with van der Waals surface area (Å²) < 4.78 is 17.1. The van der Waals surface area contributed by atoms with Gasteiger partial charge in [0.1, 0.15) is 5.75 Å². The summed E-state index contributed by atoms with van der Waals surface area (Å²) in [6.45, 7) is 11.5. The van der Waals surface area contributed by atoms with Crippen LogP contribution in [-0.4, -0.2) is 51.7 Å². The zero-order chi connectivity index (χ0) is 22.1. The molecule has 7 nitrogen and oxygen atoms in total. The van der Waals surface area contributed by atoms with Crippen molar-refractivity contribution in [3.05, 3.63) is 29.8 Å². The number of ether oxygens (including phenoxy) is 2. The summed E-state index contributed by atoms with van der Waals surface area (Å²) in [5.74, 6) is 0.296. The second-order valence-electron chi connectivity index (χ2n) is 9.55. The normalized spacial score (nSPS) is 22.0. The quantitative estimate of drug-likeness (QED) is 0.499. The van der Waals surface area contributed by atoms with E-state index in [1.807, 2.05) is 24.3 Å². The van der Waals surface area contributed by atoms with Crippen molar-refractivity contribution in [3.63, 3.8) is 0 Å². The average Bonchev–Trinajstić information content (AvgIpc) is 3.11. The van der Waals surface area contributed by atoms with Gasteiger partial charge in [0.25, 0.3) is 0 Å². The number of carbonyl (C=O) groups is 2. The van der Waals surface area contributed by atoms with Gasteiger partial charge < -0.3 is 13.9 Å². The highest BCUT2D eigenvalue weighted by molar-refractivity contribution is 6.74. The SMILES string of the molecule is COC(=O)C[C@@H](CC(=O)N1OC[C@H]2COc3ccccc3[C@H]21)O[Si](C)(C)C(C)(C)C. The number of hydrogen-bond acceptors (Lipinski definition) is 6.